The van der Waals surface area contributed by atoms with Crippen LogP contribution < -0.4 is 5.73 Å². The molecule has 0 radical (unpaired) electrons. The fourth-order valence-corrected chi connectivity index (χ4v) is 0.522. The van der Waals surface area contributed by atoms with E-state index in [4.69, 9.17) is 11.5 Å². The second kappa shape index (κ2) is 5.44. The number of nitrogens with one attached hydrogen (secondary N) is 1. The first-order chi connectivity index (χ1) is 4.27. The van der Waals surface area contributed by atoms with Crippen molar-refractivity contribution in [3.8, 4) is 0 Å². The Kier molecular flexibility index (Phi) is 5.01. The number of unbranched alkanes of at least 4 members (excludes halogenated alkanes) is 2. The topological polar surface area (TPSA) is 66.9 Å². The highest BCUT2D eigenvalue weighted by Gasteiger charge is 1.97. The van der Waals surface area contributed by atoms with Crippen LogP contribution in [-0.2, 0) is 4.79 Å². The van der Waals surface area contributed by atoms with Crippen LogP contribution in [0.5, 0.6) is 0 Å². The van der Waals surface area contributed by atoms with Crippen molar-refractivity contribution in [3.63, 3.8) is 0 Å². The van der Waals surface area contributed by atoms with E-state index < -0.39 is 5.91 Å². The first kappa shape index (κ1) is 8.30. The normalized spacial score (nSPS) is 9.00. The van der Waals surface area contributed by atoms with Gasteiger partial charge in [-0.3, -0.25) is 4.79 Å². The molecule has 1 amide bonds. The van der Waals surface area contributed by atoms with Gasteiger partial charge in [-0.1, -0.05) is 0 Å². The van der Waals surface area contributed by atoms with E-state index >= 15 is 0 Å². The van der Waals surface area contributed by atoms with Crippen LogP contribution in [0.2, 0.25) is 0 Å². The SMILES string of the molecule is [NH-]C(=O)[CH+]CCCCN. The first-order valence-corrected chi connectivity index (χ1v) is 3.06. The molecule has 0 saturated heterocycles. The van der Waals surface area contributed by atoms with E-state index in [0.717, 1.165) is 12.8 Å². The molecular formula is C6H12N2O. The molecule has 0 aliphatic heterocycles. The molecule has 9 heavy (non-hydrogen) atoms. The molecule has 0 aromatic carbocycles. The van der Waals surface area contributed by atoms with Gasteiger partial charge < -0.3 is 11.5 Å². The zero-order chi connectivity index (χ0) is 7.11. The van der Waals surface area contributed by atoms with Gasteiger partial charge in [-0.05, 0) is 19.4 Å². The maximum absolute atomic E-state index is 9.99. The van der Waals surface area contributed by atoms with E-state index in [2.05, 4.69) is 0 Å². The van der Waals surface area contributed by atoms with Gasteiger partial charge in [0.2, 0.25) is 5.91 Å². The van der Waals surface area contributed by atoms with Gasteiger partial charge in [0, 0.05) is 0 Å². The third kappa shape index (κ3) is 7.30. The maximum Gasteiger partial charge on any atom is 0.235 e. The second-order valence-corrected chi connectivity index (χ2v) is 1.85. The van der Waals surface area contributed by atoms with Gasteiger partial charge in [-0.25, -0.2) is 0 Å². The molecular weight excluding hydrogens is 116 g/mol. The van der Waals surface area contributed by atoms with Crippen LogP contribution in [0, 0.1) is 6.42 Å². The Morgan fingerprint density at radius 3 is 2.67 bits per heavy atom. The molecule has 3 nitrogen and oxygen atoms in total. The average molecular weight is 128 g/mol. The molecule has 3 N–H and O–H groups in total. The molecule has 3 heteroatoms. The monoisotopic (exact) mass is 128 g/mol. The van der Waals surface area contributed by atoms with Crippen molar-refractivity contribution in [3.05, 3.63) is 12.2 Å². The minimum atomic E-state index is -0.591. The smallest absolute Gasteiger partial charge is 0.235 e. The molecule has 0 unspecified atom stereocenters. The molecule has 0 atom stereocenters. The van der Waals surface area contributed by atoms with Crippen molar-refractivity contribution in [2.75, 3.05) is 6.54 Å². The number of hydrogen-bond acceptors (Lipinski definition) is 2. The van der Waals surface area contributed by atoms with Gasteiger partial charge in [-0.2, -0.15) is 0 Å². The van der Waals surface area contributed by atoms with Crippen molar-refractivity contribution in [1.29, 1.82) is 0 Å². The summed E-state index contributed by atoms with van der Waals surface area (Å²) in [6.07, 6.45) is 3.92. The van der Waals surface area contributed by atoms with Gasteiger partial charge >= 0.3 is 0 Å². The molecule has 0 saturated carbocycles. The molecule has 0 rings (SSSR count). The zero-order valence-corrected chi connectivity index (χ0v) is 5.39. The minimum Gasteiger partial charge on any atom is -0.625 e. The molecule has 0 bridgehead atoms. The van der Waals surface area contributed by atoms with Crippen LogP contribution in [0.15, 0.2) is 0 Å². The van der Waals surface area contributed by atoms with Crippen molar-refractivity contribution in [2.24, 2.45) is 5.73 Å². The number of amides is 1. The summed E-state index contributed by atoms with van der Waals surface area (Å²) in [5.74, 6) is -0.591. The Hall–Kier alpha value is -0.700. The Bertz CT molecular complexity index is 83.1. The summed E-state index contributed by atoms with van der Waals surface area (Å²) in [5, 5.41) is 0. The summed E-state index contributed by atoms with van der Waals surface area (Å²) in [6.45, 7) is 0.667. The lowest BCUT2D eigenvalue weighted by Gasteiger charge is -1.90. The van der Waals surface area contributed by atoms with Crippen LogP contribution in [0.3, 0.4) is 0 Å². The van der Waals surface area contributed by atoms with E-state index in [1.807, 2.05) is 0 Å². The summed E-state index contributed by atoms with van der Waals surface area (Å²) in [6, 6.07) is 0. The zero-order valence-electron chi connectivity index (χ0n) is 5.39. The van der Waals surface area contributed by atoms with E-state index in [9.17, 15) is 4.79 Å². The van der Waals surface area contributed by atoms with Gasteiger partial charge in [0.25, 0.3) is 0 Å². The van der Waals surface area contributed by atoms with Crippen molar-refractivity contribution < 1.29 is 4.79 Å². The molecule has 0 aliphatic carbocycles. The molecule has 0 aromatic heterocycles. The fourth-order valence-electron chi connectivity index (χ4n) is 0.522. The van der Waals surface area contributed by atoms with E-state index in [1.165, 1.54) is 6.42 Å². The van der Waals surface area contributed by atoms with Crippen molar-refractivity contribution >= 4 is 5.91 Å². The summed E-state index contributed by atoms with van der Waals surface area (Å²) >= 11 is 0. The van der Waals surface area contributed by atoms with Crippen molar-refractivity contribution in [2.45, 2.75) is 19.3 Å². The number of carbonyl (C=O) groups excluding carboxylic acids is 1. The first-order valence-electron chi connectivity index (χ1n) is 3.06. The Morgan fingerprint density at radius 1 is 1.56 bits per heavy atom. The molecule has 0 fully saturated rings. The van der Waals surface area contributed by atoms with Crippen LogP contribution in [0.4, 0.5) is 0 Å². The van der Waals surface area contributed by atoms with Crippen LogP contribution in [0.1, 0.15) is 19.3 Å². The van der Waals surface area contributed by atoms with E-state index in [0.29, 0.717) is 13.0 Å². The molecule has 0 heterocycles. The summed E-state index contributed by atoms with van der Waals surface area (Å²) in [4.78, 5) is 9.99. The summed E-state index contributed by atoms with van der Waals surface area (Å²) < 4.78 is 0. The number of carbonyl (C=O) groups is 1. The Balaban J connectivity index is 2.83. The van der Waals surface area contributed by atoms with E-state index in [1.54, 1.807) is 0 Å². The maximum atomic E-state index is 9.99. The highest BCUT2D eigenvalue weighted by molar-refractivity contribution is 5.91. The number of hydrogen-bond donors (Lipinski definition) is 1. The third-order valence-corrected chi connectivity index (χ3v) is 0.988. The highest BCUT2D eigenvalue weighted by atomic mass is 16.1. The lowest BCUT2D eigenvalue weighted by Crippen LogP contribution is -1.98. The number of nitrogens with two attached hydrogens (primary N) is 1. The summed E-state index contributed by atoms with van der Waals surface area (Å²) in [5.41, 5.74) is 11.7. The lowest BCUT2D eigenvalue weighted by atomic mass is 10.2. The van der Waals surface area contributed by atoms with Crippen LogP contribution in [0.25, 0.3) is 5.73 Å². The predicted molar refractivity (Wildman–Crippen MR) is 36.5 cm³/mol. The lowest BCUT2D eigenvalue weighted by molar-refractivity contribution is -0.111. The van der Waals surface area contributed by atoms with E-state index in [-0.39, 0.29) is 0 Å². The summed E-state index contributed by atoms with van der Waals surface area (Å²) in [7, 11) is 0. The van der Waals surface area contributed by atoms with Gasteiger partial charge in [0.05, 0.1) is 6.42 Å². The molecule has 52 valence electrons. The quantitative estimate of drug-likeness (QED) is 0.441. The highest BCUT2D eigenvalue weighted by Crippen LogP contribution is 1.97. The van der Waals surface area contributed by atoms with Gasteiger partial charge in [0.1, 0.15) is 6.42 Å². The molecule has 0 aliphatic rings. The number of rotatable bonds is 5. The molecule has 0 aromatic rings. The molecule has 0 spiro atoms. The average Bonchev–Trinajstić information content (AvgIpc) is 1.80. The van der Waals surface area contributed by atoms with Crippen LogP contribution >= 0.6 is 0 Å². The second-order valence-electron chi connectivity index (χ2n) is 1.85. The standard InChI is InChI=1S/C6H12N2O/c7-5-3-1-2-4-6(8)9/h4H,1-3,5,7H2,(H-,8,9). The minimum absolute atomic E-state index is 0.591. The predicted octanol–water partition coefficient (Wildman–Crippen LogP) is 0.898. The largest absolute Gasteiger partial charge is 0.625 e. The Labute approximate surface area is 55.4 Å². The fraction of sp³-hybridized carbons (Fsp3) is 0.667. The van der Waals surface area contributed by atoms with Crippen LogP contribution in [-0.4, -0.2) is 12.5 Å². The van der Waals surface area contributed by atoms with Gasteiger partial charge in [0.15, 0.2) is 0 Å². The third-order valence-electron chi connectivity index (χ3n) is 0.988. The Morgan fingerprint density at radius 2 is 2.22 bits per heavy atom. The van der Waals surface area contributed by atoms with Crippen molar-refractivity contribution in [1.82, 2.24) is 0 Å². The van der Waals surface area contributed by atoms with Gasteiger partial charge in [-0.15, -0.1) is 0 Å².